The van der Waals surface area contributed by atoms with Crippen molar-refractivity contribution in [2.45, 2.75) is 0 Å². The lowest BCUT2D eigenvalue weighted by Gasteiger charge is -2.07. The van der Waals surface area contributed by atoms with Gasteiger partial charge in [0.05, 0.1) is 19.0 Å². The number of rotatable bonds is 3. The first-order valence-corrected chi connectivity index (χ1v) is 6.33. The van der Waals surface area contributed by atoms with Crippen molar-refractivity contribution >= 4 is 5.69 Å². The zero-order chi connectivity index (χ0) is 13.9. The number of ether oxygens (including phenoxy) is 1. The molecule has 1 aromatic heterocycles. The van der Waals surface area contributed by atoms with Crippen LogP contribution in [0.5, 0.6) is 5.75 Å². The second-order valence-corrected chi connectivity index (χ2v) is 4.42. The lowest BCUT2D eigenvalue weighted by molar-refractivity contribution is 0.412. The van der Waals surface area contributed by atoms with Gasteiger partial charge in [-0.25, -0.2) is 4.68 Å². The van der Waals surface area contributed by atoms with Crippen LogP contribution < -0.4 is 10.5 Å². The smallest absolute Gasteiger partial charge is 0.144 e. The molecule has 20 heavy (non-hydrogen) atoms. The molecule has 0 aliphatic heterocycles. The Morgan fingerprint density at radius 2 is 1.70 bits per heavy atom. The molecule has 0 radical (unpaired) electrons. The summed E-state index contributed by atoms with van der Waals surface area (Å²) in [4.78, 5) is 0. The third kappa shape index (κ3) is 2.12. The molecule has 0 unspecified atom stereocenters. The Balaban J connectivity index is 2.09. The van der Waals surface area contributed by atoms with E-state index in [1.165, 1.54) is 0 Å². The van der Waals surface area contributed by atoms with Crippen molar-refractivity contribution in [3.8, 4) is 22.7 Å². The van der Waals surface area contributed by atoms with E-state index in [2.05, 4.69) is 5.10 Å². The number of nitrogens with zero attached hydrogens (tertiary/aromatic N) is 2. The van der Waals surface area contributed by atoms with E-state index < -0.39 is 0 Å². The minimum Gasteiger partial charge on any atom is -0.494 e. The van der Waals surface area contributed by atoms with Crippen LogP contribution in [0.25, 0.3) is 16.9 Å². The Labute approximate surface area is 117 Å². The summed E-state index contributed by atoms with van der Waals surface area (Å²) in [6, 6.07) is 17.6. The maximum atomic E-state index is 6.08. The van der Waals surface area contributed by atoms with Crippen LogP contribution in [0, 0.1) is 0 Å². The first kappa shape index (κ1) is 12.3. The number of hydrogen-bond donors (Lipinski definition) is 1. The van der Waals surface area contributed by atoms with E-state index in [1.807, 2.05) is 54.6 Å². The molecule has 4 heteroatoms. The Hall–Kier alpha value is -2.75. The molecule has 0 aliphatic rings. The summed E-state index contributed by atoms with van der Waals surface area (Å²) < 4.78 is 7.10. The second-order valence-electron chi connectivity index (χ2n) is 4.42. The van der Waals surface area contributed by atoms with E-state index in [1.54, 1.807) is 18.0 Å². The van der Waals surface area contributed by atoms with Crippen LogP contribution in [0.15, 0.2) is 60.8 Å². The minimum atomic E-state index is 0.641. The summed E-state index contributed by atoms with van der Waals surface area (Å²) in [6.45, 7) is 0. The number of nitrogen functional groups attached to an aromatic ring is 1. The van der Waals surface area contributed by atoms with Gasteiger partial charge in [0, 0.05) is 5.56 Å². The number of hydrogen-bond acceptors (Lipinski definition) is 3. The quantitative estimate of drug-likeness (QED) is 0.791. The second kappa shape index (κ2) is 5.09. The average Bonchev–Trinajstić information content (AvgIpc) is 2.90. The van der Waals surface area contributed by atoms with Gasteiger partial charge in [-0.05, 0) is 12.1 Å². The van der Waals surface area contributed by atoms with Gasteiger partial charge in [-0.15, -0.1) is 0 Å². The van der Waals surface area contributed by atoms with Gasteiger partial charge in [-0.3, -0.25) is 0 Å². The molecular weight excluding hydrogens is 250 g/mol. The van der Waals surface area contributed by atoms with Gasteiger partial charge in [0.1, 0.15) is 17.1 Å². The molecule has 0 amide bonds. The molecular formula is C16H15N3O. The molecule has 2 N–H and O–H groups in total. The van der Waals surface area contributed by atoms with Crippen LogP contribution in [-0.4, -0.2) is 16.9 Å². The van der Waals surface area contributed by atoms with Gasteiger partial charge >= 0.3 is 0 Å². The molecule has 0 saturated carbocycles. The van der Waals surface area contributed by atoms with Gasteiger partial charge < -0.3 is 10.5 Å². The summed E-state index contributed by atoms with van der Waals surface area (Å²) in [5.41, 5.74) is 9.36. The largest absolute Gasteiger partial charge is 0.494 e. The summed E-state index contributed by atoms with van der Waals surface area (Å²) in [6.07, 6.45) is 1.81. The topological polar surface area (TPSA) is 53.1 Å². The normalized spacial score (nSPS) is 10.4. The van der Waals surface area contributed by atoms with Crippen LogP contribution in [0.1, 0.15) is 0 Å². The van der Waals surface area contributed by atoms with Gasteiger partial charge in [-0.1, -0.05) is 42.5 Å². The van der Waals surface area contributed by atoms with Crippen molar-refractivity contribution in [2.75, 3.05) is 12.8 Å². The van der Waals surface area contributed by atoms with E-state index in [0.29, 0.717) is 5.69 Å². The van der Waals surface area contributed by atoms with Crippen molar-refractivity contribution in [2.24, 2.45) is 0 Å². The first-order chi connectivity index (χ1) is 9.79. The van der Waals surface area contributed by atoms with Crippen molar-refractivity contribution in [1.29, 1.82) is 0 Å². The summed E-state index contributed by atoms with van der Waals surface area (Å²) in [7, 11) is 1.64. The third-order valence-electron chi connectivity index (χ3n) is 3.12. The van der Waals surface area contributed by atoms with E-state index in [-0.39, 0.29) is 0 Å². The maximum absolute atomic E-state index is 6.08. The molecule has 100 valence electrons. The summed E-state index contributed by atoms with van der Waals surface area (Å²) in [5.74, 6) is 0.759. The van der Waals surface area contributed by atoms with Crippen molar-refractivity contribution in [3.05, 3.63) is 60.8 Å². The SMILES string of the molecule is COc1ccccc1-n1cc(N)c(-c2ccccc2)n1. The summed E-state index contributed by atoms with van der Waals surface area (Å²) >= 11 is 0. The Kier molecular flexibility index (Phi) is 3.13. The Morgan fingerprint density at radius 3 is 2.45 bits per heavy atom. The Morgan fingerprint density at radius 1 is 1.00 bits per heavy atom. The third-order valence-corrected chi connectivity index (χ3v) is 3.12. The predicted octanol–water partition coefficient (Wildman–Crippen LogP) is 3.13. The molecule has 3 rings (SSSR count). The Bertz CT molecular complexity index is 720. The number of nitrogens with two attached hydrogens (primary N) is 1. The molecule has 2 aromatic carbocycles. The monoisotopic (exact) mass is 265 g/mol. The van der Waals surface area contributed by atoms with Gasteiger partial charge in [0.25, 0.3) is 0 Å². The zero-order valence-corrected chi connectivity index (χ0v) is 11.2. The van der Waals surface area contributed by atoms with E-state index in [9.17, 15) is 0 Å². The fourth-order valence-electron chi connectivity index (χ4n) is 2.15. The van der Waals surface area contributed by atoms with Crippen LogP contribution in [-0.2, 0) is 0 Å². The molecule has 0 atom stereocenters. The van der Waals surface area contributed by atoms with Gasteiger partial charge in [-0.2, -0.15) is 5.10 Å². The van der Waals surface area contributed by atoms with Crippen LogP contribution in [0.3, 0.4) is 0 Å². The molecule has 0 bridgehead atoms. The highest BCUT2D eigenvalue weighted by atomic mass is 16.5. The van der Waals surface area contributed by atoms with Crippen molar-refractivity contribution in [3.63, 3.8) is 0 Å². The summed E-state index contributed by atoms with van der Waals surface area (Å²) in [5, 5.41) is 4.57. The van der Waals surface area contributed by atoms with E-state index >= 15 is 0 Å². The van der Waals surface area contributed by atoms with Crippen LogP contribution in [0.4, 0.5) is 5.69 Å². The highest BCUT2D eigenvalue weighted by molar-refractivity contribution is 5.72. The van der Waals surface area contributed by atoms with E-state index in [4.69, 9.17) is 10.5 Å². The van der Waals surface area contributed by atoms with Crippen molar-refractivity contribution in [1.82, 2.24) is 9.78 Å². The molecule has 1 heterocycles. The number of aromatic nitrogens is 2. The molecule has 0 spiro atoms. The number of benzene rings is 2. The van der Waals surface area contributed by atoms with Crippen LogP contribution in [0.2, 0.25) is 0 Å². The minimum absolute atomic E-state index is 0.641. The number of para-hydroxylation sites is 2. The van der Waals surface area contributed by atoms with Crippen LogP contribution >= 0.6 is 0 Å². The molecule has 3 aromatic rings. The fraction of sp³-hybridized carbons (Fsp3) is 0.0625. The highest BCUT2D eigenvalue weighted by Crippen LogP contribution is 2.28. The maximum Gasteiger partial charge on any atom is 0.144 e. The lowest BCUT2D eigenvalue weighted by atomic mass is 10.1. The first-order valence-electron chi connectivity index (χ1n) is 6.33. The molecule has 0 saturated heterocycles. The van der Waals surface area contributed by atoms with E-state index in [0.717, 1.165) is 22.7 Å². The van der Waals surface area contributed by atoms with Crippen molar-refractivity contribution < 1.29 is 4.74 Å². The average molecular weight is 265 g/mol. The zero-order valence-electron chi connectivity index (χ0n) is 11.2. The number of anilines is 1. The fourth-order valence-corrected chi connectivity index (χ4v) is 2.15. The standard InChI is InChI=1S/C16H15N3O/c1-20-15-10-6-5-9-14(15)19-11-13(17)16(18-19)12-7-3-2-4-8-12/h2-11H,17H2,1H3. The lowest BCUT2D eigenvalue weighted by Crippen LogP contribution is -1.98. The molecule has 4 nitrogen and oxygen atoms in total. The van der Waals surface area contributed by atoms with Gasteiger partial charge in [0.15, 0.2) is 0 Å². The highest BCUT2D eigenvalue weighted by Gasteiger charge is 2.11. The molecule has 0 fully saturated rings. The molecule has 0 aliphatic carbocycles. The predicted molar refractivity (Wildman–Crippen MR) is 80.0 cm³/mol. The number of methoxy groups -OCH3 is 1. The van der Waals surface area contributed by atoms with Gasteiger partial charge in [0.2, 0.25) is 0 Å².